The number of rotatable bonds is 3. The highest BCUT2D eigenvalue weighted by Crippen LogP contribution is 2.27. The van der Waals surface area contributed by atoms with E-state index in [-0.39, 0.29) is 30.5 Å². The van der Waals surface area contributed by atoms with Crippen LogP contribution < -0.4 is 10.9 Å². The van der Waals surface area contributed by atoms with E-state index in [1.807, 2.05) is 0 Å². The lowest BCUT2D eigenvalue weighted by Crippen LogP contribution is -2.37. The molecule has 2 saturated heterocycles. The molecule has 0 unspecified atom stereocenters. The van der Waals surface area contributed by atoms with Crippen molar-refractivity contribution in [1.82, 2.24) is 14.8 Å². The van der Waals surface area contributed by atoms with Crippen LogP contribution in [0.1, 0.15) is 12.8 Å². The number of carbonyl (C=O) groups excluding carboxylic acids is 1. The zero-order chi connectivity index (χ0) is 16.4. The van der Waals surface area contributed by atoms with E-state index in [2.05, 4.69) is 5.32 Å². The fraction of sp³-hybridized carbons (Fsp3) is 0.600. The molecule has 2 aliphatic heterocycles. The molecule has 0 bridgehead atoms. The number of pyridine rings is 1. The molecule has 9 heteroatoms. The van der Waals surface area contributed by atoms with E-state index in [0.717, 1.165) is 48.8 Å². The molecule has 2 atom stereocenters. The zero-order valence-electron chi connectivity index (χ0n) is 13.2. The highest BCUT2D eigenvalue weighted by atomic mass is 35.5. The van der Waals surface area contributed by atoms with Gasteiger partial charge in [0.15, 0.2) is 0 Å². The monoisotopic (exact) mass is 356 g/mol. The van der Waals surface area contributed by atoms with Crippen LogP contribution in [0.15, 0.2) is 23.1 Å². The van der Waals surface area contributed by atoms with Crippen molar-refractivity contribution >= 4 is 24.0 Å². The Hall–Kier alpha value is -1.93. The average molecular weight is 357 g/mol. The molecule has 2 fully saturated rings. The Morgan fingerprint density at radius 3 is 2.46 bits per heavy atom. The van der Waals surface area contributed by atoms with Gasteiger partial charge in [0.05, 0.1) is 11.1 Å². The predicted octanol–water partition coefficient (Wildman–Crippen LogP) is 0.636. The van der Waals surface area contributed by atoms with E-state index >= 15 is 0 Å². The van der Waals surface area contributed by atoms with E-state index in [9.17, 15) is 19.7 Å². The van der Waals surface area contributed by atoms with Crippen LogP contribution in [-0.4, -0.2) is 46.5 Å². The number of amides is 1. The van der Waals surface area contributed by atoms with Crippen LogP contribution in [0.4, 0.5) is 5.69 Å². The Bertz CT molecular complexity index is 664. The Labute approximate surface area is 145 Å². The van der Waals surface area contributed by atoms with Crippen molar-refractivity contribution < 1.29 is 9.72 Å². The van der Waals surface area contributed by atoms with Gasteiger partial charge in [-0.25, -0.2) is 0 Å². The quantitative estimate of drug-likeness (QED) is 0.633. The van der Waals surface area contributed by atoms with Gasteiger partial charge in [-0.2, -0.15) is 0 Å². The second-order valence-electron chi connectivity index (χ2n) is 6.25. The molecular formula is C15H21ClN4O4. The summed E-state index contributed by atoms with van der Waals surface area (Å²) in [5, 5.41) is 14.2. The normalized spacial score (nSPS) is 23.1. The number of hydrogen-bond donors (Lipinski definition) is 1. The van der Waals surface area contributed by atoms with Crippen LogP contribution >= 0.6 is 12.4 Å². The summed E-state index contributed by atoms with van der Waals surface area (Å²) >= 11 is 0. The molecule has 0 aliphatic carbocycles. The van der Waals surface area contributed by atoms with Gasteiger partial charge in [-0.1, -0.05) is 0 Å². The molecule has 0 saturated carbocycles. The van der Waals surface area contributed by atoms with E-state index in [1.54, 1.807) is 4.90 Å². The van der Waals surface area contributed by atoms with Gasteiger partial charge >= 0.3 is 0 Å². The zero-order valence-corrected chi connectivity index (χ0v) is 14.0. The lowest BCUT2D eigenvalue weighted by molar-refractivity contribution is -0.385. The number of halogens is 1. The largest absolute Gasteiger partial charge is 0.341 e. The Kier molecular flexibility index (Phi) is 5.95. The minimum absolute atomic E-state index is 0. The maximum atomic E-state index is 12.5. The topological polar surface area (TPSA) is 97.5 Å². The van der Waals surface area contributed by atoms with Crippen molar-refractivity contribution in [3.05, 3.63) is 38.8 Å². The Balaban J connectivity index is 0.00000208. The number of nitro groups is 1. The first-order valence-corrected chi connectivity index (χ1v) is 7.88. The van der Waals surface area contributed by atoms with Crippen LogP contribution in [0.3, 0.4) is 0 Å². The molecule has 3 rings (SSSR count). The van der Waals surface area contributed by atoms with Crippen LogP contribution in [0, 0.1) is 22.0 Å². The molecule has 24 heavy (non-hydrogen) atoms. The predicted molar refractivity (Wildman–Crippen MR) is 90.3 cm³/mol. The first-order valence-electron chi connectivity index (χ1n) is 7.88. The van der Waals surface area contributed by atoms with E-state index < -0.39 is 10.5 Å². The van der Waals surface area contributed by atoms with Gasteiger partial charge < -0.3 is 10.2 Å². The van der Waals surface area contributed by atoms with Gasteiger partial charge in [0, 0.05) is 25.2 Å². The third-order valence-electron chi connectivity index (χ3n) is 4.86. The first kappa shape index (κ1) is 18.4. The molecule has 2 aliphatic rings. The van der Waals surface area contributed by atoms with Gasteiger partial charge in [-0.05, 0) is 37.8 Å². The summed E-state index contributed by atoms with van der Waals surface area (Å²) in [6.07, 6.45) is 3.07. The van der Waals surface area contributed by atoms with Gasteiger partial charge in [-0.15, -0.1) is 12.4 Å². The standard InChI is InChI=1S/C15H20N4O4.ClH/c20-14-2-1-13(19(22)23)9-18(14)10-15(21)17-5-3-11-7-16-8-12(11)4-6-17;/h1-2,9,11-12,16H,3-8,10H2;1H/t11-,12+;. The molecule has 132 valence electrons. The average Bonchev–Trinajstić information content (AvgIpc) is 2.87. The SMILES string of the molecule is Cl.O=C(Cn1cc([N+](=O)[O-])ccc1=O)N1CC[C@@H]2CNC[C@@H]2CC1. The van der Waals surface area contributed by atoms with Crippen LogP contribution in [0.25, 0.3) is 0 Å². The van der Waals surface area contributed by atoms with E-state index in [0.29, 0.717) is 24.9 Å². The van der Waals surface area contributed by atoms with Crippen molar-refractivity contribution in [2.24, 2.45) is 11.8 Å². The van der Waals surface area contributed by atoms with Crippen molar-refractivity contribution in [2.45, 2.75) is 19.4 Å². The number of nitrogens with zero attached hydrogens (tertiary/aromatic N) is 3. The fourth-order valence-electron chi connectivity index (χ4n) is 3.46. The summed E-state index contributed by atoms with van der Waals surface area (Å²) < 4.78 is 1.12. The summed E-state index contributed by atoms with van der Waals surface area (Å²) in [6, 6.07) is 2.29. The highest BCUT2D eigenvalue weighted by Gasteiger charge is 2.31. The van der Waals surface area contributed by atoms with Crippen LogP contribution in [-0.2, 0) is 11.3 Å². The molecule has 0 spiro atoms. The summed E-state index contributed by atoms with van der Waals surface area (Å²) in [6.45, 7) is 3.25. The molecule has 3 heterocycles. The van der Waals surface area contributed by atoms with Gasteiger partial charge in [0.25, 0.3) is 11.2 Å². The number of aromatic nitrogens is 1. The Morgan fingerprint density at radius 2 is 1.88 bits per heavy atom. The molecule has 1 amide bonds. The smallest absolute Gasteiger partial charge is 0.285 e. The lowest BCUT2D eigenvalue weighted by atomic mass is 9.92. The maximum Gasteiger partial charge on any atom is 0.285 e. The maximum absolute atomic E-state index is 12.5. The Morgan fingerprint density at radius 1 is 1.25 bits per heavy atom. The lowest BCUT2D eigenvalue weighted by Gasteiger charge is -2.21. The summed E-state index contributed by atoms with van der Waals surface area (Å²) in [7, 11) is 0. The van der Waals surface area contributed by atoms with Crippen molar-refractivity contribution in [3.63, 3.8) is 0 Å². The number of hydrogen-bond acceptors (Lipinski definition) is 5. The van der Waals surface area contributed by atoms with E-state index in [4.69, 9.17) is 0 Å². The van der Waals surface area contributed by atoms with Crippen molar-refractivity contribution in [3.8, 4) is 0 Å². The number of fused-ring (bicyclic) bond motifs is 1. The van der Waals surface area contributed by atoms with Gasteiger partial charge in [0.2, 0.25) is 5.91 Å². The number of carbonyl (C=O) groups is 1. The third kappa shape index (κ3) is 3.93. The molecule has 0 radical (unpaired) electrons. The molecule has 1 N–H and O–H groups in total. The van der Waals surface area contributed by atoms with Crippen molar-refractivity contribution in [1.29, 1.82) is 0 Å². The number of nitrogens with one attached hydrogen (secondary N) is 1. The molecule has 8 nitrogen and oxygen atoms in total. The number of likely N-dealkylation sites (tertiary alicyclic amines) is 1. The third-order valence-corrected chi connectivity index (χ3v) is 4.86. The molecule has 1 aromatic heterocycles. The van der Waals surface area contributed by atoms with Crippen LogP contribution in [0.5, 0.6) is 0 Å². The second kappa shape index (κ2) is 7.76. The highest BCUT2D eigenvalue weighted by molar-refractivity contribution is 5.85. The summed E-state index contributed by atoms with van der Waals surface area (Å²) in [5.41, 5.74) is -0.589. The second-order valence-corrected chi connectivity index (χ2v) is 6.25. The van der Waals surface area contributed by atoms with Gasteiger partial charge in [-0.3, -0.25) is 24.3 Å². The minimum atomic E-state index is -0.569. The van der Waals surface area contributed by atoms with Crippen LogP contribution in [0.2, 0.25) is 0 Å². The summed E-state index contributed by atoms with van der Waals surface area (Å²) in [5.74, 6) is 1.09. The molecule has 0 aromatic carbocycles. The summed E-state index contributed by atoms with van der Waals surface area (Å²) in [4.78, 5) is 36.3. The fourth-order valence-corrected chi connectivity index (χ4v) is 3.46. The van der Waals surface area contributed by atoms with E-state index in [1.165, 1.54) is 0 Å². The molecule has 1 aromatic rings. The van der Waals surface area contributed by atoms with Gasteiger partial charge in [0.1, 0.15) is 6.54 Å². The minimum Gasteiger partial charge on any atom is -0.341 e. The molecular weight excluding hydrogens is 336 g/mol. The first-order chi connectivity index (χ1) is 11.0. The van der Waals surface area contributed by atoms with Crippen molar-refractivity contribution in [2.75, 3.05) is 26.2 Å².